The van der Waals surface area contributed by atoms with Crippen molar-refractivity contribution in [1.82, 2.24) is 10.6 Å². The van der Waals surface area contributed by atoms with Crippen LogP contribution in [0.2, 0.25) is 0 Å². The lowest BCUT2D eigenvalue weighted by Crippen LogP contribution is -2.48. The lowest BCUT2D eigenvalue weighted by atomic mass is 9.92. The van der Waals surface area contributed by atoms with Gasteiger partial charge in [-0.05, 0) is 50.6 Å². The second-order valence-electron chi connectivity index (χ2n) is 5.66. The molecule has 2 heteroatoms. The second kappa shape index (κ2) is 4.84. The van der Waals surface area contributed by atoms with Gasteiger partial charge >= 0.3 is 0 Å². The summed E-state index contributed by atoms with van der Waals surface area (Å²) in [4.78, 5) is 0. The maximum absolute atomic E-state index is 3.71. The fraction of sp³-hybridized carbons (Fsp3) is 1.00. The highest BCUT2D eigenvalue weighted by atomic mass is 15.1. The van der Waals surface area contributed by atoms with E-state index in [1.54, 1.807) is 0 Å². The third-order valence-electron chi connectivity index (χ3n) is 4.21. The van der Waals surface area contributed by atoms with Crippen LogP contribution < -0.4 is 10.6 Å². The molecule has 1 aliphatic heterocycles. The number of hydrogen-bond acceptors (Lipinski definition) is 2. The van der Waals surface area contributed by atoms with E-state index >= 15 is 0 Å². The molecule has 2 aliphatic rings. The largest absolute Gasteiger partial charge is 0.315 e. The average Bonchev–Trinajstić information content (AvgIpc) is 2.74. The van der Waals surface area contributed by atoms with Gasteiger partial charge in [0.2, 0.25) is 0 Å². The number of nitrogens with one attached hydrogen (secondary N) is 2. The molecule has 3 atom stereocenters. The summed E-state index contributed by atoms with van der Waals surface area (Å²) in [5.41, 5.74) is 0.437. The van der Waals surface area contributed by atoms with Crippen LogP contribution in [0, 0.1) is 11.8 Å². The van der Waals surface area contributed by atoms with Gasteiger partial charge in [-0.15, -0.1) is 0 Å². The molecule has 0 radical (unpaired) electrons. The zero-order valence-corrected chi connectivity index (χ0v) is 10.3. The summed E-state index contributed by atoms with van der Waals surface area (Å²) in [5, 5.41) is 7.40. The van der Waals surface area contributed by atoms with Gasteiger partial charge in [0.05, 0.1) is 0 Å². The highest BCUT2D eigenvalue weighted by molar-refractivity contribution is 4.95. The first-order valence-corrected chi connectivity index (χ1v) is 6.71. The van der Waals surface area contributed by atoms with E-state index in [9.17, 15) is 0 Å². The maximum Gasteiger partial charge on any atom is 0.0306 e. The Bertz CT molecular complexity index is 197. The molecule has 15 heavy (non-hydrogen) atoms. The standard InChI is InChI=1S/C13H26N2/c1-3-5-13(6-4-7-15-13)10-14-9-12-8-11(12)2/h11-12,14-15H,3-10H2,1-2H3. The molecule has 1 saturated heterocycles. The van der Waals surface area contributed by atoms with Crippen molar-refractivity contribution in [3.63, 3.8) is 0 Å². The molecule has 3 unspecified atom stereocenters. The fourth-order valence-electron chi connectivity index (χ4n) is 2.98. The average molecular weight is 210 g/mol. The predicted molar refractivity (Wildman–Crippen MR) is 65.0 cm³/mol. The molecule has 2 rings (SSSR count). The minimum Gasteiger partial charge on any atom is -0.315 e. The van der Waals surface area contributed by atoms with Crippen LogP contribution in [0.3, 0.4) is 0 Å². The third kappa shape index (κ3) is 2.94. The molecule has 1 aliphatic carbocycles. The van der Waals surface area contributed by atoms with Crippen molar-refractivity contribution in [3.05, 3.63) is 0 Å². The summed E-state index contributed by atoms with van der Waals surface area (Å²) in [6, 6.07) is 0. The Morgan fingerprint density at radius 1 is 1.47 bits per heavy atom. The monoisotopic (exact) mass is 210 g/mol. The van der Waals surface area contributed by atoms with Gasteiger partial charge in [-0.1, -0.05) is 20.3 Å². The van der Waals surface area contributed by atoms with E-state index in [2.05, 4.69) is 24.5 Å². The summed E-state index contributed by atoms with van der Waals surface area (Å²) in [6.45, 7) is 8.31. The highest BCUT2D eigenvalue weighted by Crippen LogP contribution is 2.36. The Kier molecular flexibility index (Phi) is 3.68. The van der Waals surface area contributed by atoms with Crippen molar-refractivity contribution < 1.29 is 0 Å². The molecule has 0 aromatic heterocycles. The lowest BCUT2D eigenvalue weighted by molar-refractivity contribution is 0.323. The quantitative estimate of drug-likeness (QED) is 0.702. The molecule has 0 aromatic rings. The molecule has 2 nitrogen and oxygen atoms in total. The summed E-state index contributed by atoms with van der Waals surface area (Å²) < 4.78 is 0. The third-order valence-corrected chi connectivity index (χ3v) is 4.21. The summed E-state index contributed by atoms with van der Waals surface area (Å²) in [7, 11) is 0. The van der Waals surface area contributed by atoms with E-state index in [4.69, 9.17) is 0 Å². The first-order chi connectivity index (χ1) is 7.26. The smallest absolute Gasteiger partial charge is 0.0306 e. The molecule has 0 amide bonds. The van der Waals surface area contributed by atoms with E-state index in [-0.39, 0.29) is 0 Å². The molecule has 1 saturated carbocycles. The van der Waals surface area contributed by atoms with Gasteiger partial charge in [0.1, 0.15) is 0 Å². The van der Waals surface area contributed by atoms with Crippen molar-refractivity contribution in [1.29, 1.82) is 0 Å². The van der Waals surface area contributed by atoms with Gasteiger partial charge in [0, 0.05) is 12.1 Å². The summed E-state index contributed by atoms with van der Waals surface area (Å²) >= 11 is 0. The van der Waals surface area contributed by atoms with E-state index in [0.717, 1.165) is 11.8 Å². The summed E-state index contributed by atoms with van der Waals surface area (Å²) in [5.74, 6) is 1.96. The SMILES string of the molecule is CCCC1(CNCC2CC2C)CCCN1. The topological polar surface area (TPSA) is 24.1 Å². The summed E-state index contributed by atoms with van der Waals surface area (Å²) in [6.07, 6.45) is 6.81. The van der Waals surface area contributed by atoms with Crippen molar-refractivity contribution in [2.75, 3.05) is 19.6 Å². The van der Waals surface area contributed by atoms with Crippen LogP contribution in [0.15, 0.2) is 0 Å². The first kappa shape index (κ1) is 11.4. The van der Waals surface area contributed by atoms with Gasteiger partial charge in [-0.3, -0.25) is 0 Å². The molecular weight excluding hydrogens is 184 g/mol. The normalized spacial score (nSPS) is 39.6. The molecule has 1 heterocycles. The maximum atomic E-state index is 3.71. The number of hydrogen-bond donors (Lipinski definition) is 2. The van der Waals surface area contributed by atoms with Gasteiger partial charge in [0.25, 0.3) is 0 Å². The predicted octanol–water partition coefficient (Wildman–Crippen LogP) is 2.15. The Balaban J connectivity index is 1.69. The van der Waals surface area contributed by atoms with Crippen molar-refractivity contribution in [2.24, 2.45) is 11.8 Å². The zero-order valence-electron chi connectivity index (χ0n) is 10.3. The van der Waals surface area contributed by atoms with Crippen LogP contribution in [0.5, 0.6) is 0 Å². The van der Waals surface area contributed by atoms with Crippen LogP contribution >= 0.6 is 0 Å². The molecular formula is C13H26N2. The van der Waals surface area contributed by atoms with E-state index in [1.807, 2.05) is 0 Å². The highest BCUT2D eigenvalue weighted by Gasteiger charge is 2.35. The van der Waals surface area contributed by atoms with Gasteiger partial charge in [-0.2, -0.15) is 0 Å². The molecule has 0 spiro atoms. The Morgan fingerprint density at radius 2 is 2.27 bits per heavy atom. The minimum atomic E-state index is 0.437. The fourth-order valence-corrected chi connectivity index (χ4v) is 2.98. The van der Waals surface area contributed by atoms with Gasteiger partial charge in [0.15, 0.2) is 0 Å². The zero-order chi connectivity index (χ0) is 10.7. The van der Waals surface area contributed by atoms with Crippen LogP contribution in [0.25, 0.3) is 0 Å². The van der Waals surface area contributed by atoms with E-state index < -0.39 is 0 Å². The Labute approximate surface area is 94.2 Å². The Morgan fingerprint density at radius 3 is 2.80 bits per heavy atom. The van der Waals surface area contributed by atoms with Crippen molar-refractivity contribution in [2.45, 2.75) is 51.5 Å². The van der Waals surface area contributed by atoms with Gasteiger partial charge in [-0.25, -0.2) is 0 Å². The van der Waals surface area contributed by atoms with E-state index in [1.165, 1.54) is 51.7 Å². The van der Waals surface area contributed by atoms with Crippen molar-refractivity contribution in [3.8, 4) is 0 Å². The van der Waals surface area contributed by atoms with E-state index in [0.29, 0.717) is 5.54 Å². The molecule has 2 N–H and O–H groups in total. The Hall–Kier alpha value is -0.0800. The van der Waals surface area contributed by atoms with Crippen molar-refractivity contribution >= 4 is 0 Å². The molecule has 0 bridgehead atoms. The number of rotatable bonds is 6. The molecule has 0 aromatic carbocycles. The van der Waals surface area contributed by atoms with Crippen LogP contribution in [0.1, 0.15) is 46.0 Å². The van der Waals surface area contributed by atoms with Crippen LogP contribution in [-0.4, -0.2) is 25.2 Å². The second-order valence-corrected chi connectivity index (χ2v) is 5.66. The molecule has 2 fully saturated rings. The first-order valence-electron chi connectivity index (χ1n) is 6.71. The van der Waals surface area contributed by atoms with Crippen LogP contribution in [-0.2, 0) is 0 Å². The minimum absolute atomic E-state index is 0.437. The van der Waals surface area contributed by atoms with Crippen LogP contribution in [0.4, 0.5) is 0 Å². The lowest BCUT2D eigenvalue weighted by Gasteiger charge is -2.29. The van der Waals surface area contributed by atoms with Gasteiger partial charge < -0.3 is 10.6 Å². The molecule has 88 valence electrons.